The van der Waals surface area contributed by atoms with Gasteiger partial charge in [-0.15, -0.1) is 0 Å². The molecule has 2 aromatic heterocycles. The van der Waals surface area contributed by atoms with Gasteiger partial charge in [0.1, 0.15) is 18.7 Å². The molecule has 0 radical (unpaired) electrons. The maximum atomic E-state index is 12.7. The van der Waals surface area contributed by atoms with Crippen molar-refractivity contribution in [2.45, 2.75) is 38.0 Å². The molecular formula is C22H26ClN5O4. The first-order valence-electron chi connectivity index (χ1n) is 10.7. The monoisotopic (exact) mass is 459 g/mol. The van der Waals surface area contributed by atoms with Crippen molar-refractivity contribution < 1.29 is 19.4 Å². The number of carbonyl (C=O) groups is 2. The minimum atomic E-state index is -0.833. The third-order valence-corrected chi connectivity index (χ3v) is 6.17. The second-order valence-corrected chi connectivity index (χ2v) is 8.45. The van der Waals surface area contributed by atoms with E-state index >= 15 is 0 Å². The molecule has 4 rings (SSSR count). The Balaban J connectivity index is 1.35. The summed E-state index contributed by atoms with van der Waals surface area (Å²) in [5.41, 5.74) is 0.604. The van der Waals surface area contributed by atoms with Crippen LogP contribution in [-0.2, 0) is 9.53 Å². The normalized spacial score (nSPS) is 22.3. The average Bonchev–Trinajstić information content (AvgIpc) is 2.81. The van der Waals surface area contributed by atoms with Crippen molar-refractivity contribution >= 4 is 34.9 Å². The van der Waals surface area contributed by atoms with Crippen molar-refractivity contribution in [1.82, 2.24) is 14.9 Å². The van der Waals surface area contributed by atoms with Gasteiger partial charge in [-0.2, -0.15) is 0 Å². The Bertz CT molecular complexity index is 950. The summed E-state index contributed by atoms with van der Waals surface area (Å²) in [7, 11) is 0. The van der Waals surface area contributed by atoms with Crippen LogP contribution in [0.4, 0.5) is 11.5 Å². The van der Waals surface area contributed by atoms with Crippen LogP contribution in [0.25, 0.3) is 0 Å². The Labute approximate surface area is 191 Å². The van der Waals surface area contributed by atoms with Gasteiger partial charge >= 0.3 is 0 Å². The van der Waals surface area contributed by atoms with Gasteiger partial charge in [-0.05, 0) is 49.9 Å². The van der Waals surface area contributed by atoms with Crippen LogP contribution >= 0.6 is 11.6 Å². The first-order chi connectivity index (χ1) is 15.5. The van der Waals surface area contributed by atoms with Crippen molar-refractivity contribution in [2.75, 3.05) is 30.4 Å². The summed E-state index contributed by atoms with van der Waals surface area (Å²) in [6.07, 6.45) is 5.35. The summed E-state index contributed by atoms with van der Waals surface area (Å²) in [6.45, 7) is 1.36. The van der Waals surface area contributed by atoms with Crippen molar-refractivity contribution in [3.8, 4) is 0 Å². The molecule has 2 fully saturated rings. The molecule has 0 bridgehead atoms. The van der Waals surface area contributed by atoms with Gasteiger partial charge in [0, 0.05) is 30.9 Å². The molecule has 1 atom stereocenters. The van der Waals surface area contributed by atoms with Crippen molar-refractivity contribution in [3.63, 3.8) is 0 Å². The van der Waals surface area contributed by atoms with E-state index in [2.05, 4.69) is 20.6 Å². The van der Waals surface area contributed by atoms with Crippen molar-refractivity contribution in [3.05, 3.63) is 47.4 Å². The molecule has 1 aliphatic heterocycles. The largest absolute Gasteiger partial charge is 0.374 e. The standard InChI is InChI=1S/C22H26ClN5O4/c23-15-5-8-18(25-12-15)27-22(31)20-17(2-1-9-24-20)26-21(30)14-3-6-16(7-4-14)28-10-11-32-13-19(28)29/h1-2,5,8-9,12,14,16,21,26,30H,3-4,6-7,10-11,13H2,(H,25,27,31). The summed E-state index contributed by atoms with van der Waals surface area (Å²) < 4.78 is 5.21. The number of anilines is 2. The summed E-state index contributed by atoms with van der Waals surface area (Å²) in [5, 5.41) is 17.0. The predicted molar refractivity (Wildman–Crippen MR) is 119 cm³/mol. The molecule has 170 valence electrons. The molecule has 0 aromatic carbocycles. The van der Waals surface area contributed by atoms with Gasteiger partial charge < -0.3 is 25.4 Å². The van der Waals surface area contributed by atoms with Crippen LogP contribution < -0.4 is 10.6 Å². The van der Waals surface area contributed by atoms with Crippen LogP contribution in [0.15, 0.2) is 36.7 Å². The van der Waals surface area contributed by atoms with Gasteiger partial charge in [0.2, 0.25) is 5.91 Å². The van der Waals surface area contributed by atoms with E-state index in [9.17, 15) is 14.7 Å². The molecular weight excluding hydrogens is 434 g/mol. The second kappa shape index (κ2) is 10.2. The van der Waals surface area contributed by atoms with Crippen LogP contribution in [0.3, 0.4) is 0 Å². The third kappa shape index (κ3) is 5.35. The number of amides is 2. The highest BCUT2D eigenvalue weighted by molar-refractivity contribution is 6.30. The van der Waals surface area contributed by atoms with Crippen LogP contribution in [0.5, 0.6) is 0 Å². The van der Waals surface area contributed by atoms with E-state index in [1.165, 1.54) is 12.4 Å². The molecule has 2 aliphatic rings. The van der Waals surface area contributed by atoms with Crippen LogP contribution in [0.2, 0.25) is 5.02 Å². The van der Waals surface area contributed by atoms with E-state index in [0.717, 1.165) is 25.7 Å². The van der Waals surface area contributed by atoms with Crippen LogP contribution in [-0.4, -0.2) is 63.8 Å². The lowest BCUT2D eigenvalue weighted by atomic mass is 9.84. The number of carbonyl (C=O) groups excluding carboxylic acids is 2. The number of aliphatic hydroxyl groups excluding tert-OH is 1. The number of pyridine rings is 2. The van der Waals surface area contributed by atoms with Gasteiger partial charge in [0.15, 0.2) is 5.69 Å². The lowest BCUT2D eigenvalue weighted by Crippen LogP contribution is -2.49. The fraction of sp³-hybridized carbons (Fsp3) is 0.455. The third-order valence-electron chi connectivity index (χ3n) is 5.95. The van der Waals surface area contributed by atoms with Gasteiger partial charge in [0.05, 0.1) is 17.3 Å². The van der Waals surface area contributed by atoms with Gasteiger partial charge in [-0.3, -0.25) is 9.59 Å². The number of hydrogen-bond acceptors (Lipinski definition) is 7. The summed E-state index contributed by atoms with van der Waals surface area (Å²) >= 11 is 5.83. The molecule has 1 saturated heterocycles. The summed E-state index contributed by atoms with van der Waals surface area (Å²) in [5.74, 6) is -0.0341. The predicted octanol–water partition coefficient (Wildman–Crippen LogP) is 2.53. The SMILES string of the molecule is O=C(Nc1ccc(Cl)cn1)c1ncccc1NC(O)C1CCC(N2CCOCC2=O)CC1. The molecule has 1 saturated carbocycles. The molecule has 2 aromatic rings. The number of hydrogen-bond donors (Lipinski definition) is 3. The number of rotatable bonds is 6. The molecule has 3 N–H and O–H groups in total. The minimum absolute atomic E-state index is 0.0106. The zero-order valence-corrected chi connectivity index (χ0v) is 18.3. The number of aliphatic hydroxyl groups is 1. The Morgan fingerprint density at radius 3 is 2.75 bits per heavy atom. The molecule has 1 unspecified atom stereocenters. The summed E-state index contributed by atoms with van der Waals surface area (Å²) in [4.78, 5) is 34.9. The first-order valence-corrected chi connectivity index (χ1v) is 11.1. The Kier molecular flexibility index (Phi) is 7.19. The number of nitrogens with one attached hydrogen (secondary N) is 2. The lowest BCUT2D eigenvalue weighted by Gasteiger charge is -2.39. The highest BCUT2D eigenvalue weighted by Crippen LogP contribution is 2.31. The highest BCUT2D eigenvalue weighted by atomic mass is 35.5. The fourth-order valence-electron chi connectivity index (χ4n) is 4.25. The second-order valence-electron chi connectivity index (χ2n) is 8.01. The Morgan fingerprint density at radius 1 is 1.22 bits per heavy atom. The maximum Gasteiger partial charge on any atom is 0.277 e. The van der Waals surface area contributed by atoms with Gasteiger partial charge in [0.25, 0.3) is 5.91 Å². The van der Waals surface area contributed by atoms with Crippen molar-refractivity contribution in [2.24, 2.45) is 5.92 Å². The number of halogens is 1. The van der Waals surface area contributed by atoms with E-state index in [-0.39, 0.29) is 30.2 Å². The first kappa shape index (κ1) is 22.4. The van der Waals surface area contributed by atoms with E-state index in [1.807, 2.05) is 4.90 Å². The minimum Gasteiger partial charge on any atom is -0.374 e. The van der Waals surface area contributed by atoms with Crippen molar-refractivity contribution in [1.29, 1.82) is 0 Å². The number of aromatic nitrogens is 2. The van der Waals surface area contributed by atoms with Gasteiger partial charge in [-0.1, -0.05) is 11.6 Å². The number of morpholine rings is 1. The maximum absolute atomic E-state index is 12.7. The molecule has 0 spiro atoms. The Morgan fingerprint density at radius 2 is 2.03 bits per heavy atom. The van der Waals surface area contributed by atoms with E-state index < -0.39 is 12.1 Å². The topological polar surface area (TPSA) is 117 Å². The van der Waals surface area contributed by atoms with Gasteiger partial charge in [-0.25, -0.2) is 9.97 Å². The van der Waals surface area contributed by atoms with E-state index in [1.54, 1.807) is 24.3 Å². The molecule has 2 amide bonds. The van der Waals surface area contributed by atoms with Crippen LogP contribution in [0, 0.1) is 5.92 Å². The quantitative estimate of drug-likeness (QED) is 0.568. The summed E-state index contributed by atoms with van der Waals surface area (Å²) in [6, 6.07) is 6.84. The smallest absolute Gasteiger partial charge is 0.277 e. The molecule has 10 heteroatoms. The molecule has 32 heavy (non-hydrogen) atoms. The average molecular weight is 460 g/mol. The molecule has 3 heterocycles. The highest BCUT2D eigenvalue weighted by Gasteiger charge is 2.33. The fourth-order valence-corrected chi connectivity index (χ4v) is 4.36. The molecule has 9 nitrogen and oxygen atoms in total. The zero-order chi connectivity index (χ0) is 22.5. The van der Waals surface area contributed by atoms with E-state index in [4.69, 9.17) is 16.3 Å². The lowest BCUT2D eigenvalue weighted by molar-refractivity contribution is -0.146. The number of nitrogens with zero attached hydrogens (tertiary/aromatic N) is 3. The van der Waals surface area contributed by atoms with E-state index in [0.29, 0.717) is 29.7 Å². The zero-order valence-electron chi connectivity index (χ0n) is 17.5. The number of ether oxygens (including phenoxy) is 1. The molecule has 1 aliphatic carbocycles. The Hall–Kier alpha value is -2.75. The van der Waals surface area contributed by atoms with Crippen LogP contribution in [0.1, 0.15) is 36.2 Å².